The van der Waals surface area contributed by atoms with E-state index in [9.17, 15) is 5.26 Å². The van der Waals surface area contributed by atoms with Crippen LogP contribution in [0.4, 0.5) is 0 Å². The van der Waals surface area contributed by atoms with Crippen molar-refractivity contribution in [3.05, 3.63) is 29.3 Å². The van der Waals surface area contributed by atoms with Crippen LogP contribution in [0.3, 0.4) is 0 Å². The van der Waals surface area contributed by atoms with Gasteiger partial charge in [0.05, 0.1) is 12.0 Å². The van der Waals surface area contributed by atoms with Crippen LogP contribution in [0.5, 0.6) is 5.75 Å². The number of aryl methyl sites for hydroxylation is 1. The largest absolute Gasteiger partial charge is 0.489 e. The Balaban J connectivity index is 2.22. The molecule has 1 aliphatic carbocycles. The van der Waals surface area contributed by atoms with E-state index < -0.39 is 0 Å². The van der Waals surface area contributed by atoms with Crippen LogP contribution in [0, 0.1) is 30.1 Å². The number of rotatable bonds is 4. The van der Waals surface area contributed by atoms with Crippen molar-refractivity contribution in [1.82, 2.24) is 0 Å². The SMILES string of the molecule is CCC1CCC(C#N)C(Oc2cc(C)ccc2C(C)C)C1. The first kappa shape index (κ1) is 15.9. The minimum Gasteiger partial charge on any atom is -0.489 e. The number of nitrogens with zero attached hydrogens (tertiary/aromatic N) is 1. The van der Waals surface area contributed by atoms with Crippen molar-refractivity contribution in [1.29, 1.82) is 5.26 Å². The zero-order chi connectivity index (χ0) is 15.4. The molecule has 1 aliphatic rings. The molecule has 114 valence electrons. The van der Waals surface area contributed by atoms with Crippen LogP contribution < -0.4 is 4.74 Å². The molecule has 1 fully saturated rings. The Kier molecular flexibility index (Phi) is 5.28. The molecule has 2 nitrogen and oxygen atoms in total. The first-order chi connectivity index (χ1) is 10.0. The molecular formula is C19H27NO. The smallest absolute Gasteiger partial charge is 0.123 e. The van der Waals surface area contributed by atoms with Gasteiger partial charge in [0.1, 0.15) is 11.9 Å². The molecule has 0 N–H and O–H groups in total. The normalized spacial score (nSPS) is 25.6. The van der Waals surface area contributed by atoms with E-state index in [1.54, 1.807) is 0 Å². The van der Waals surface area contributed by atoms with Crippen molar-refractivity contribution < 1.29 is 4.74 Å². The van der Waals surface area contributed by atoms with Crippen LogP contribution >= 0.6 is 0 Å². The minimum atomic E-state index is 0.0355. The van der Waals surface area contributed by atoms with Gasteiger partial charge in [-0.2, -0.15) is 5.26 Å². The first-order valence-electron chi connectivity index (χ1n) is 8.22. The van der Waals surface area contributed by atoms with E-state index >= 15 is 0 Å². The molecule has 2 heteroatoms. The fourth-order valence-corrected chi connectivity index (χ4v) is 3.24. The van der Waals surface area contributed by atoms with E-state index in [1.807, 2.05) is 0 Å². The number of benzene rings is 1. The fourth-order valence-electron chi connectivity index (χ4n) is 3.24. The Morgan fingerprint density at radius 2 is 2.10 bits per heavy atom. The summed E-state index contributed by atoms with van der Waals surface area (Å²) in [6.45, 7) is 8.71. The molecule has 2 rings (SSSR count). The highest BCUT2D eigenvalue weighted by Crippen LogP contribution is 2.36. The van der Waals surface area contributed by atoms with E-state index in [2.05, 4.69) is 52.0 Å². The molecule has 0 aromatic heterocycles. The van der Waals surface area contributed by atoms with Crippen LogP contribution in [0.1, 0.15) is 63.5 Å². The van der Waals surface area contributed by atoms with E-state index in [1.165, 1.54) is 24.0 Å². The van der Waals surface area contributed by atoms with Crippen molar-refractivity contribution in [3.8, 4) is 11.8 Å². The van der Waals surface area contributed by atoms with Crippen LogP contribution in [0.25, 0.3) is 0 Å². The topological polar surface area (TPSA) is 33.0 Å². The summed E-state index contributed by atoms with van der Waals surface area (Å²) in [5.41, 5.74) is 2.46. The molecule has 1 aromatic rings. The molecule has 0 bridgehead atoms. The van der Waals surface area contributed by atoms with Crippen molar-refractivity contribution in [3.63, 3.8) is 0 Å². The van der Waals surface area contributed by atoms with Crippen molar-refractivity contribution in [2.45, 2.75) is 65.4 Å². The van der Waals surface area contributed by atoms with Gasteiger partial charge in [0.15, 0.2) is 0 Å². The zero-order valence-corrected chi connectivity index (χ0v) is 13.7. The summed E-state index contributed by atoms with van der Waals surface area (Å²) in [7, 11) is 0. The minimum absolute atomic E-state index is 0.0355. The summed E-state index contributed by atoms with van der Waals surface area (Å²) in [5.74, 6) is 2.15. The summed E-state index contributed by atoms with van der Waals surface area (Å²) >= 11 is 0. The molecule has 0 radical (unpaired) electrons. The molecule has 3 atom stereocenters. The van der Waals surface area contributed by atoms with Gasteiger partial charge in [-0.1, -0.05) is 39.3 Å². The third-order valence-electron chi connectivity index (χ3n) is 4.71. The Morgan fingerprint density at radius 1 is 1.33 bits per heavy atom. The van der Waals surface area contributed by atoms with Gasteiger partial charge in [-0.25, -0.2) is 0 Å². The lowest BCUT2D eigenvalue weighted by Gasteiger charge is -2.33. The molecular weight excluding hydrogens is 258 g/mol. The Bertz CT molecular complexity index is 515. The predicted octanol–water partition coefficient (Wildman–Crippen LogP) is 5.22. The second-order valence-electron chi connectivity index (χ2n) is 6.68. The van der Waals surface area contributed by atoms with Crippen LogP contribution in [0.2, 0.25) is 0 Å². The van der Waals surface area contributed by atoms with Gasteiger partial charge in [0, 0.05) is 0 Å². The van der Waals surface area contributed by atoms with Gasteiger partial charge in [-0.05, 0) is 55.2 Å². The summed E-state index contributed by atoms with van der Waals surface area (Å²) < 4.78 is 6.34. The molecule has 0 spiro atoms. The second-order valence-corrected chi connectivity index (χ2v) is 6.68. The molecule has 1 saturated carbocycles. The van der Waals surface area contributed by atoms with Crippen LogP contribution in [0.15, 0.2) is 18.2 Å². The highest BCUT2D eigenvalue weighted by molar-refractivity contribution is 5.39. The third-order valence-corrected chi connectivity index (χ3v) is 4.71. The molecule has 0 saturated heterocycles. The van der Waals surface area contributed by atoms with Gasteiger partial charge in [-0.15, -0.1) is 0 Å². The zero-order valence-electron chi connectivity index (χ0n) is 13.7. The van der Waals surface area contributed by atoms with Gasteiger partial charge in [0.25, 0.3) is 0 Å². The predicted molar refractivity (Wildman–Crippen MR) is 86.4 cm³/mol. The lowest BCUT2D eigenvalue weighted by molar-refractivity contribution is 0.0880. The van der Waals surface area contributed by atoms with Crippen molar-refractivity contribution >= 4 is 0 Å². The van der Waals surface area contributed by atoms with Crippen LogP contribution in [-0.4, -0.2) is 6.10 Å². The number of hydrogen-bond donors (Lipinski definition) is 0. The molecule has 21 heavy (non-hydrogen) atoms. The molecule has 1 aromatic carbocycles. The van der Waals surface area contributed by atoms with Crippen molar-refractivity contribution in [2.75, 3.05) is 0 Å². The molecule has 0 amide bonds. The van der Waals surface area contributed by atoms with Gasteiger partial charge in [-0.3, -0.25) is 0 Å². The maximum absolute atomic E-state index is 9.40. The fraction of sp³-hybridized carbons (Fsp3) is 0.632. The third kappa shape index (κ3) is 3.79. The Morgan fingerprint density at radius 3 is 2.71 bits per heavy atom. The van der Waals surface area contributed by atoms with Gasteiger partial charge in [0.2, 0.25) is 0 Å². The second kappa shape index (κ2) is 6.98. The standard InChI is InChI=1S/C19H27NO/c1-5-15-7-8-16(12-20)18(11-15)21-19-10-14(4)6-9-17(19)13(2)3/h6,9-10,13,15-16,18H,5,7-8,11H2,1-4H3. The molecule has 0 aliphatic heterocycles. The van der Waals surface area contributed by atoms with E-state index in [0.29, 0.717) is 11.8 Å². The first-order valence-corrected chi connectivity index (χ1v) is 8.22. The van der Waals surface area contributed by atoms with Gasteiger partial charge < -0.3 is 4.74 Å². The number of hydrogen-bond acceptors (Lipinski definition) is 2. The maximum atomic E-state index is 9.40. The lowest BCUT2D eigenvalue weighted by atomic mass is 9.79. The van der Waals surface area contributed by atoms with Crippen molar-refractivity contribution in [2.24, 2.45) is 11.8 Å². The Labute approximate surface area is 129 Å². The average Bonchev–Trinajstić information content (AvgIpc) is 2.47. The number of ether oxygens (including phenoxy) is 1. The molecule has 3 unspecified atom stereocenters. The van der Waals surface area contributed by atoms with Gasteiger partial charge >= 0.3 is 0 Å². The van der Waals surface area contributed by atoms with E-state index in [-0.39, 0.29) is 12.0 Å². The highest BCUT2D eigenvalue weighted by Gasteiger charge is 2.32. The summed E-state index contributed by atoms with van der Waals surface area (Å²) in [6, 6.07) is 8.88. The summed E-state index contributed by atoms with van der Waals surface area (Å²) in [4.78, 5) is 0. The quantitative estimate of drug-likeness (QED) is 0.760. The highest BCUT2D eigenvalue weighted by atomic mass is 16.5. The lowest BCUT2D eigenvalue weighted by Crippen LogP contribution is -2.33. The number of nitriles is 1. The maximum Gasteiger partial charge on any atom is 0.123 e. The van der Waals surface area contributed by atoms with Crippen LogP contribution in [-0.2, 0) is 0 Å². The average molecular weight is 285 g/mol. The monoisotopic (exact) mass is 285 g/mol. The summed E-state index contributed by atoms with van der Waals surface area (Å²) in [5, 5.41) is 9.40. The summed E-state index contributed by atoms with van der Waals surface area (Å²) in [6.07, 6.45) is 4.39. The van der Waals surface area contributed by atoms with E-state index in [0.717, 1.165) is 18.6 Å². The Hall–Kier alpha value is -1.49. The molecule has 0 heterocycles. The van der Waals surface area contributed by atoms with E-state index in [4.69, 9.17) is 4.74 Å².